The van der Waals surface area contributed by atoms with Gasteiger partial charge in [0.1, 0.15) is 0 Å². The molecule has 0 amide bonds. The number of benzene rings is 1. The molecule has 2 fully saturated rings. The molecule has 1 aromatic carbocycles. The first-order valence-corrected chi connectivity index (χ1v) is 11.2. The number of methoxy groups -OCH3 is 2. The van der Waals surface area contributed by atoms with Gasteiger partial charge in [0.15, 0.2) is 22.4 Å². The third-order valence-corrected chi connectivity index (χ3v) is 6.88. The van der Waals surface area contributed by atoms with Crippen LogP contribution in [0.5, 0.6) is 11.5 Å². The number of thiazole rings is 1. The molecule has 2 aromatic rings. The summed E-state index contributed by atoms with van der Waals surface area (Å²) in [6, 6.07) is 5.45. The molecule has 0 bridgehead atoms. The molecule has 0 saturated carbocycles. The fourth-order valence-electron chi connectivity index (χ4n) is 4.28. The Morgan fingerprint density at radius 2 is 1.93 bits per heavy atom. The number of anilines is 1. The van der Waals surface area contributed by atoms with Crippen molar-refractivity contribution in [2.24, 2.45) is 5.92 Å². The Labute approximate surface area is 176 Å². The molecule has 6 nitrogen and oxygen atoms in total. The van der Waals surface area contributed by atoms with Crippen molar-refractivity contribution in [1.29, 1.82) is 0 Å². The second-order valence-electron chi connectivity index (χ2n) is 7.81. The molecule has 2 saturated heterocycles. The Balaban J connectivity index is 1.39. The third-order valence-electron chi connectivity index (χ3n) is 5.84. The van der Waals surface area contributed by atoms with Crippen LogP contribution in [0.3, 0.4) is 0 Å². The minimum atomic E-state index is 0.0211. The molecule has 0 unspecified atom stereocenters. The van der Waals surface area contributed by atoms with E-state index in [2.05, 4.69) is 14.8 Å². The van der Waals surface area contributed by atoms with E-state index in [1.807, 2.05) is 18.3 Å². The van der Waals surface area contributed by atoms with Crippen LogP contribution >= 0.6 is 11.3 Å². The molecule has 0 aliphatic carbocycles. The minimum absolute atomic E-state index is 0.0211. The predicted molar refractivity (Wildman–Crippen MR) is 115 cm³/mol. The van der Waals surface area contributed by atoms with Gasteiger partial charge in [-0.25, -0.2) is 4.98 Å². The van der Waals surface area contributed by atoms with E-state index in [1.165, 1.54) is 17.7 Å². The van der Waals surface area contributed by atoms with Crippen LogP contribution in [0, 0.1) is 5.92 Å². The molecule has 2 aliphatic heterocycles. The normalized spacial score (nSPS) is 20.1. The number of aromatic nitrogens is 1. The number of likely N-dealkylation sites (tertiary alicyclic amines) is 1. The lowest BCUT2D eigenvalue weighted by Gasteiger charge is -2.31. The van der Waals surface area contributed by atoms with Gasteiger partial charge in [-0.1, -0.05) is 0 Å². The lowest BCUT2D eigenvalue weighted by Crippen LogP contribution is -2.38. The van der Waals surface area contributed by atoms with Crippen LogP contribution in [0.15, 0.2) is 24.4 Å². The highest BCUT2D eigenvalue weighted by molar-refractivity contribution is 7.15. The van der Waals surface area contributed by atoms with Crippen LogP contribution in [0.2, 0.25) is 0 Å². The maximum absolute atomic E-state index is 13.1. The van der Waals surface area contributed by atoms with Crippen LogP contribution in [-0.2, 0) is 6.54 Å². The summed E-state index contributed by atoms with van der Waals surface area (Å²) in [5.74, 6) is 1.46. The smallest absolute Gasteiger partial charge is 0.185 e. The summed E-state index contributed by atoms with van der Waals surface area (Å²) < 4.78 is 10.6. The maximum Gasteiger partial charge on any atom is 0.185 e. The van der Waals surface area contributed by atoms with Crippen molar-refractivity contribution < 1.29 is 14.3 Å². The van der Waals surface area contributed by atoms with E-state index in [0.717, 1.165) is 50.7 Å². The van der Waals surface area contributed by atoms with Gasteiger partial charge in [0.25, 0.3) is 0 Å². The zero-order chi connectivity index (χ0) is 20.2. The highest BCUT2D eigenvalue weighted by atomic mass is 32.1. The predicted octanol–water partition coefficient (Wildman–Crippen LogP) is 3.86. The summed E-state index contributed by atoms with van der Waals surface area (Å²) in [6.07, 6.45) is 6.52. The number of piperidine rings is 1. The Kier molecular flexibility index (Phi) is 6.35. The summed E-state index contributed by atoms with van der Waals surface area (Å²) in [7, 11) is 3.20. The molecule has 0 radical (unpaired) electrons. The summed E-state index contributed by atoms with van der Waals surface area (Å²) in [5, 5.41) is 1.15. The highest BCUT2D eigenvalue weighted by Gasteiger charge is 2.28. The van der Waals surface area contributed by atoms with Crippen LogP contribution in [0.25, 0.3) is 0 Å². The molecule has 2 aliphatic rings. The van der Waals surface area contributed by atoms with Gasteiger partial charge in [-0.3, -0.25) is 9.69 Å². The van der Waals surface area contributed by atoms with Gasteiger partial charge in [-0.05, 0) is 50.4 Å². The van der Waals surface area contributed by atoms with Crippen molar-refractivity contribution in [1.82, 2.24) is 9.88 Å². The topological polar surface area (TPSA) is 54.9 Å². The molecule has 4 rings (SSSR count). The Morgan fingerprint density at radius 3 is 2.69 bits per heavy atom. The van der Waals surface area contributed by atoms with Crippen LogP contribution < -0.4 is 14.4 Å². The molecule has 1 atom stereocenters. The van der Waals surface area contributed by atoms with Crippen LogP contribution in [0.1, 0.15) is 40.9 Å². The second-order valence-corrected chi connectivity index (χ2v) is 8.91. The molecule has 0 N–H and O–H groups in total. The Morgan fingerprint density at radius 1 is 1.14 bits per heavy atom. The van der Waals surface area contributed by atoms with Gasteiger partial charge in [0, 0.05) is 48.7 Å². The van der Waals surface area contributed by atoms with Gasteiger partial charge in [-0.2, -0.15) is 0 Å². The number of hydrogen-bond donors (Lipinski definition) is 0. The maximum atomic E-state index is 13.1. The summed E-state index contributed by atoms with van der Waals surface area (Å²) in [4.78, 5) is 23.8. The van der Waals surface area contributed by atoms with Crippen molar-refractivity contribution >= 4 is 22.3 Å². The number of nitrogens with zero attached hydrogens (tertiary/aromatic N) is 3. The summed E-state index contributed by atoms with van der Waals surface area (Å²) in [5.41, 5.74) is 0.698. The molecule has 1 aromatic heterocycles. The number of hydrogen-bond acceptors (Lipinski definition) is 7. The van der Waals surface area contributed by atoms with Crippen LogP contribution in [0.4, 0.5) is 5.13 Å². The van der Waals surface area contributed by atoms with E-state index in [9.17, 15) is 4.79 Å². The van der Waals surface area contributed by atoms with Gasteiger partial charge in [-0.15, -0.1) is 11.3 Å². The van der Waals surface area contributed by atoms with Gasteiger partial charge < -0.3 is 14.4 Å². The number of rotatable bonds is 7. The van der Waals surface area contributed by atoms with E-state index in [4.69, 9.17) is 9.47 Å². The molecule has 29 heavy (non-hydrogen) atoms. The lowest BCUT2D eigenvalue weighted by atomic mass is 9.90. The SMILES string of the molecule is COc1ccc(C(=O)[C@@H]2CCCN(Cc3cnc(N4CCCC4)s3)C2)cc1OC. The average molecular weight is 416 g/mol. The van der Waals surface area contributed by atoms with E-state index >= 15 is 0 Å². The van der Waals surface area contributed by atoms with Crippen molar-refractivity contribution in [2.75, 3.05) is 45.3 Å². The fourth-order valence-corrected chi connectivity index (χ4v) is 5.29. The second kappa shape index (κ2) is 9.13. The van der Waals surface area contributed by atoms with Crippen molar-refractivity contribution in [3.8, 4) is 11.5 Å². The molecule has 0 spiro atoms. The number of ether oxygens (including phenoxy) is 2. The van der Waals surface area contributed by atoms with Crippen molar-refractivity contribution in [3.05, 3.63) is 34.8 Å². The highest BCUT2D eigenvalue weighted by Crippen LogP contribution is 2.31. The molecule has 156 valence electrons. The minimum Gasteiger partial charge on any atom is -0.493 e. The standard InChI is InChI=1S/C22H29N3O3S/c1-27-19-8-7-16(12-20(19)28-2)21(26)17-6-5-9-24(14-17)15-18-13-23-22(29-18)25-10-3-4-11-25/h7-8,12-13,17H,3-6,9-11,14-15H2,1-2H3/t17-/m1/s1. The first kappa shape index (κ1) is 20.2. The number of ketones is 1. The van der Waals surface area contributed by atoms with E-state index in [1.54, 1.807) is 31.6 Å². The first-order valence-electron chi connectivity index (χ1n) is 10.4. The summed E-state index contributed by atoms with van der Waals surface area (Å²) >= 11 is 1.80. The zero-order valence-corrected chi connectivity index (χ0v) is 18.0. The number of Topliss-reactive ketones (excluding diaryl/α,β-unsaturated/α-hetero) is 1. The fraction of sp³-hybridized carbons (Fsp3) is 0.545. The van der Waals surface area contributed by atoms with Crippen molar-refractivity contribution in [3.63, 3.8) is 0 Å². The lowest BCUT2D eigenvalue weighted by molar-refractivity contribution is 0.0812. The van der Waals surface area contributed by atoms with Gasteiger partial charge in [0.2, 0.25) is 0 Å². The van der Waals surface area contributed by atoms with E-state index < -0.39 is 0 Å². The van der Waals surface area contributed by atoms with E-state index in [0.29, 0.717) is 17.1 Å². The zero-order valence-electron chi connectivity index (χ0n) is 17.2. The molecular weight excluding hydrogens is 386 g/mol. The number of carbonyl (C=O) groups is 1. The summed E-state index contributed by atoms with van der Waals surface area (Å²) in [6.45, 7) is 4.95. The molecule has 3 heterocycles. The molecule has 7 heteroatoms. The van der Waals surface area contributed by atoms with Crippen LogP contribution in [-0.4, -0.2) is 56.1 Å². The first-order chi connectivity index (χ1) is 14.2. The Bertz CT molecular complexity index is 848. The van der Waals surface area contributed by atoms with Gasteiger partial charge >= 0.3 is 0 Å². The third kappa shape index (κ3) is 4.56. The monoisotopic (exact) mass is 415 g/mol. The quantitative estimate of drug-likeness (QED) is 0.640. The average Bonchev–Trinajstić information content (AvgIpc) is 3.45. The number of carbonyl (C=O) groups excluding carboxylic acids is 1. The van der Waals surface area contributed by atoms with Gasteiger partial charge in [0.05, 0.1) is 14.2 Å². The van der Waals surface area contributed by atoms with Crippen molar-refractivity contribution in [2.45, 2.75) is 32.2 Å². The van der Waals surface area contributed by atoms with E-state index in [-0.39, 0.29) is 11.7 Å². The molecular formula is C22H29N3O3S. The largest absolute Gasteiger partial charge is 0.493 e. The Hall–Kier alpha value is -2.12.